The predicted molar refractivity (Wildman–Crippen MR) is 109 cm³/mol. The summed E-state index contributed by atoms with van der Waals surface area (Å²) < 4.78 is 5.46. The second-order valence-corrected chi connectivity index (χ2v) is 8.74. The van der Waals surface area contributed by atoms with E-state index in [0.717, 1.165) is 19.4 Å². The highest BCUT2D eigenvalue weighted by molar-refractivity contribution is 5.16. The molecule has 4 atom stereocenters. The van der Waals surface area contributed by atoms with Crippen LogP contribution in [0.2, 0.25) is 0 Å². The maximum Gasteiger partial charge on any atom is 0.147 e. The van der Waals surface area contributed by atoms with Crippen molar-refractivity contribution in [1.29, 1.82) is 0 Å². The van der Waals surface area contributed by atoms with Crippen molar-refractivity contribution >= 4 is 0 Å². The molecule has 1 aliphatic rings. The molecule has 150 valence electrons. The summed E-state index contributed by atoms with van der Waals surface area (Å²) in [4.78, 5) is 5.80. The first-order chi connectivity index (χ1) is 12.7. The minimum Gasteiger partial charge on any atom is -0.379 e. The smallest absolute Gasteiger partial charge is 0.147 e. The summed E-state index contributed by atoms with van der Waals surface area (Å²) >= 11 is 0. The van der Waals surface area contributed by atoms with Crippen molar-refractivity contribution in [3.05, 3.63) is 30.1 Å². The SMILES string of the molecule is COC(C)(C)CCC[C@@](C)(O)C#C[C@H](C)[NH+]1CCCC[C@@H]1c1cccnc1. The first kappa shape index (κ1) is 21.9. The number of aliphatic hydroxyl groups is 1. The number of pyridine rings is 1. The zero-order valence-electron chi connectivity index (χ0n) is 17.7. The summed E-state index contributed by atoms with van der Waals surface area (Å²) in [6.07, 6.45) is 9.97. The molecule has 0 aromatic carbocycles. The van der Waals surface area contributed by atoms with Crippen LogP contribution in [0.1, 0.15) is 77.8 Å². The number of piperidine rings is 1. The van der Waals surface area contributed by atoms with Gasteiger partial charge >= 0.3 is 0 Å². The quantitative estimate of drug-likeness (QED) is 0.723. The lowest BCUT2D eigenvalue weighted by atomic mass is 9.93. The fourth-order valence-electron chi connectivity index (χ4n) is 3.90. The summed E-state index contributed by atoms with van der Waals surface area (Å²) in [6, 6.07) is 4.84. The average molecular weight is 374 g/mol. The van der Waals surface area contributed by atoms with Crippen molar-refractivity contribution in [1.82, 2.24) is 4.98 Å². The third-order valence-corrected chi connectivity index (χ3v) is 5.85. The fraction of sp³-hybridized carbons (Fsp3) is 0.696. The minimum atomic E-state index is -0.947. The first-order valence-corrected chi connectivity index (χ1v) is 10.3. The second kappa shape index (κ2) is 9.68. The lowest BCUT2D eigenvalue weighted by Crippen LogP contribution is -3.16. The number of ether oxygens (including phenoxy) is 1. The van der Waals surface area contributed by atoms with Gasteiger partial charge in [-0.25, -0.2) is 0 Å². The Morgan fingerprint density at radius 2 is 2.11 bits per heavy atom. The largest absolute Gasteiger partial charge is 0.379 e. The zero-order valence-corrected chi connectivity index (χ0v) is 17.7. The Morgan fingerprint density at radius 3 is 2.78 bits per heavy atom. The molecule has 1 aromatic heterocycles. The van der Waals surface area contributed by atoms with Gasteiger partial charge in [0.25, 0.3) is 0 Å². The molecule has 0 saturated carbocycles. The molecule has 2 heterocycles. The van der Waals surface area contributed by atoms with Crippen LogP contribution >= 0.6 is 0 Å². The van der Waals surface area contributed by atoms with Gasteiger partial charge in [-0.2, -0.15) is 0 Å². The van der Waals surface area contributed by atoms with Gasteiger partial charge in [0.2, 0.25) is 0 Å². The molecule has 1 unspecified atom stereocenters. The number of quaternary nitrogens is 1. The molecule has 27 heavy (non-hydrogen) atoms. The van der Waals surface area contributed by atoms with E-state index in [9.17, 15) is 5.11 Å². The Labute approximate surface area is 165 Å². The van der Waals surface area contributed by atoms with E-state index in [1.54, 1.807) is 7.11 Å². The third-order valence-electron chi connectivity index (χ3n) is 5.85. The lowest BCUT2D eigenvalue weighted by molar-refractivity contribution is -0.951. The van der Waals surface area contributed by atoms with E-state index in [1.807, 2.05) is 25.4 Å². The van der Waals surface area contributed by atoms with E-state index in [4.69, 9.17) is 4.74 Å². The van der Waals surface area contributed by atoms with Crippen molar-refractivity contribution in [2.75, 3.05) is 13.7 Å². The van der Waals surface area contributed by atoms with Crippen LogP contribution in [0.25, 0.3) is 0 Å². The number of methoxy groups -OCH3 is 1. The molecule has 2 rings (SSSR count). The molecule has 0 bridgehead atoms. The lowest BCUT2D eigenvalue weighted by Gasteiger charge is -2.35. The molecule has 0 aliphatic carbocycles. The maximum absolute atomic E-state index is 10.7. The molecule has 1 fully saturated rings. The van der Waals surface area contributed by atoms with Crippen LogP contribution in [-0.4, -0.2) is 41.0 Å². The van der Waals surface area contributed by atoms with Gasteiger partial charge in [-0.05, 0) is 71.8 Å². The van der Waals surface area contributed by atoms with Gasteiger partial charge < -0.3 is 14.7 Å². The molecule has 2 N–H and O–H groups in total. The van der Waals surface area contributed by atoms with E-state index in [0.29, 0.717) is 12.5 Å². The molecule has 1 aromatic rings. The molecule has 0 spiro atoms. The summed E-state index contributed by atoms with van der Waals surface area (Å²) in [6.45, 7) is 9.29. The van der Waals surface area contributed by atoms with Crippen molar-refractivity contribution in [2.24, 2.45) is 0 Å². The molecule has 4 heteroatoms. The van der Waals surface area contributed by atoms with E-state index >= 15 is 0 Å². The number of rotatable bonds is 7. The van der Waals surface area contributed by atoms with E-state index in [-0.39, 0.29) is 11.6 Å². The monoisotopic (exact) mass is 373 g/mol. The zero-order chi connectivity index (χ0) is 19.9. The van der Waals surface area contributed by atoms with Gasteiger partial charge in [-0.1, -0.05) is 12.0 Å². The minimum absolute atomic E-state index is 0.147. The van der Waals surface area contributed by atoms with Crippen molar-refractivity contribution < 1.29 is 14.7 Å². The van der Waals surface area contributed by atoms with Crippen LogP contribution in [0, 0.1) is 11.8 Å². The number of likely N-dealkylation sites (tertiary alicyclic amines) is 1. The average Bonchev–Trinajstić information content (AvgIpc) is 2.66. The van der Waals surface area contributed by atoms with Gasteiger partial charge in [-0.3, -0.25) is 4.98 Å². The third kappa shape index (κ3) is 6.92. The number of nitrogens with one attached hydrogen (secondary N) is 1. The molecular weight excluding hydrogens is 336 g/mol. The van der Waals surface area contributed by atoms with Crippen LogP contribution in [0.4, 0.5) is 0 Å². The van der Waals surface area contributed by atoms with Crippen molar-refractivity contribution in [3.8, 4) is 11.8 Å². The molecular formula is C23H37N2O2+. The topological polar surface area (TPSA) is 46.8 Å². The number of nitrogens with zero attached hydrogens (tertiary/aromatic N) is 1. The van der Waals surface area contributed by atoms with Gasteiger partial charge in [0.05, 0.1) is 12.1 Å². The Bertz CT molecular complexity index is 631. The summed E-state index contributed by atoms with van der Waals surface area (Å²) in [5, 5.41) is 10.7. The first-order valence-electron chi connectivity index (χ1n) is 10.3. The molecule has 0 amide bonds. The van der Waals surface area contributed by atoms with Gasteiger partial charge in [-0.15, -0.1) is 0 Å². The maximum atomic E-state index is 10.7. The fourth-order valence-corrected chi connectivity index (χ4v) is 3.90. The molecule has 1 aliphatic heterocycles. The number of aromatic nitrogens is 1. The van der Waals surface area contributed by atoms with Gasteiger partial charge in [0, 0.05) is 31.5 Å². The van der Waals surface area contributed by atoms with Crippen LogP contribution in [0.15, 0.2) is 24.5 Å². The Hall–Kier alpha value is -1.41. The summed E-state index contributed by atoms with van der Waals surface area (Å²) in [7, 11) is 1.74. The highest BCUT2D eigenvalue weighted by atomic mass is 16.5. The summed E-state index contributed by atoms with van der Waals surface area (Å²) in [5.41, 5.74) is 0.206. The molecule has 1 saturated heterocycles. The Morgan fingerprint density at radius 1 is 1.33 bits per heavy atom. The Balaban J connectivity index is 1.99. The van der Waals surface area contributed by atoms with E-state index in [1.165, 1.54) is 29.7 Å². The highest BCUT2D eigenvalue weighted by Crippen LogP contribution is 2.21. The highest BCUT2D eigenvalue weighted by Gasteiger charge is 2.31. The van der Waals surface area contributed by atoms with Crippen molar-refractivity contribution in [2.45, 2.75) is 89.5 Å². The molecule has 4 nitrogen and oxygen atoms in total. The van der Waals surface area contributed by atoms with Crippen LogP contribution in [0.5, 0.6) is 0 Å². The van der Waals surface area contributed by atoms with E-state index in [2.05, 4.69) is 43.7 Å². The van der Waals surface area contributed by atoms with Crippen LogP contribution in [-0.2, 0) is 4.74 Å². The van der Waals surface area contributed by atoms with E-state index < -0.39 is 5.60 Å². The normalized spacial score (nSPS) is 23.8. The summed E-state index contributed by atoms with van der Waals surface area (Å²) in [5.74, 6) is 6.53. The number of hydrogen-bond donors (Lipinski definition) is 2. The van der Waals surface area contributed by atoms with Gasteiger partial charge in [0.15, 0.2) is 0 Å². The molecule has 0 radical (unpaired) electrons. The number of hydrogen-bond acceptors (Lipinski definition) is 3. The standard InChI is InChI=1S/C23H36N2O2/c1-19(12-15-23(4,26)14-9-13-22(2,3)27-5)25-17-7-6-11-21(25)20-10-8-16-24-18-20/h8,10,16,18-19,21,26H,6-7,9,11,13-14,17H2,1-5H3/p+1/t19-,21+,23+/m0/s1. The van der Waals surface area contributed by atoms with Crippen LogP contribution in [0.3, 0.4) is 0 Å². The van der Waals surface area contributed by atoms with Crippen molar-refractivity contribution in [3.63, 3.8) is 0 Å². The second-order valence-electron chi connectivity index (χ2n) is 8.74. The predicted octanol–water partition coefficient (Wildman–Crippen LogP) is 2.93. The Kier molecular flexibility index (Phi) is 7.85. The van der Waals surface area contributed by atoms with Gasteiger partial charge in [0.1, 0.15) is 17.7 Å². The van der Waals surface area contributed by atoms with Crippen LogP contribution < -0.4 is 4.90 Å².